The van der Waals surface area contributed by atoms with E-state index < -0.39 is 0 Å². The van der Waals surface area contributed by atoms with Gasteiger partial charge >= 0.3 is 0 Å². The van der Waals surface area contributed by atoms with Gasteiger partial charge in [-0.2, -0.15) is 5.10 Å². The molecule has 6 nitrogen and oxygen atoms in total. The van der Waals surface area contributed by atoms with Gasteiger partial charge in [-0.25, -0.2) is 0 Å². The van der Waals surface area contributed by atoms with E-state index in [9.17, 15) is 4.79 Å². The minimum absolute atomic E-state index is 0.0321. The Morgan fingerprint density at radius 2 is 2.32 bits per heavy atom. The lowest BCUT2D eigenvalue weighted by atomic mass is 9.98. The van der Waals surface area contributed by atoms with Crippen LogP contribution in [-0.4, -0.2) is 51.9 Å². The quantitative estimate of drug-likeness (QED) is 0.796. The Morgan fingerprint density at radius 1 is 1.40 bits per heavy atom. The van der Waals surface area contributed by atoms with Crippen molar-refractivity contribution in [3.8, 4) is 0 Å². The summed E-state index contributed by atoms with van der Waals surface area (Å²) in [6.45, 7) is 2.60. The minimum atomic E-state index is 0.0321. The predicted octanol–water partition coefficient (Wildman–Crippen LogP) is 2.23. The van der Waals surface area contributed by atoms with E-state index in [4.69, 9.17) is 4.74 Å². The number of rotatable bonds is 3. The Labute approximate surface area is 146 Å². The van der Waals surface area contributed by atoms with Crippen molar-refractivity contribution in [2.45, 2.75) is 6.42 Å². The molecule has 0 aliphatic carbocycles. The number of nitrogens with one attached hydrogen (secondary N) is 1. The largest absolute Gasteiger partial charge is 0.379 e. The molecule has 3 aromatic rings. The zero-order valence-electron chi connectivity index (χ0n) is 14.3. The SMILES string of the molecule is Cn1cc(C(=O)N2CCOC[C@H](Cc3ccc4[nH]ccc4c3)C2)cn1. The number of hydrogen-bond acceptors (Lipinski definition) is 3. The van der Waals surface area contributed by atoms with E-state index in [1.165, 1.54) is 10.9 Å². The molecule has 130 valence electrons. The lowest BCUT2D eigenvalue weighted by Crippen LogP contribution is -2.36. The molecule has 4 rings (SSSR count). The molecule has 1 aromatic carbocycles. The van der Waals surface area contributed by atoms with Crippen molar-refractivity contribution < 1.29 is 9.53 Å². The third kappa shape index (κ3) is 3.44. The fourth-order valence-corrected chi connectivity index (χ4v) is 3.47. The lowest BCUT2D eigenvalue weighted by molar-refractivity contribution is 0.0737. The minimum Gasteiger partial charge on any atom is -0.379 e. The number of aromatic nitrogens is 3. The molecule has 0 spiro atoms. The van der Waals surface area contributed by atoms with Gasteiger partial charge in [0.2, 0.25) is 0 Å². The Hall–Kier alpha value is -2.60. The van der Waals surface area contributed by atoms with Crippen molar-refractivity contribution in [3.63, 3.8) is 0 Å². The van der Waals surface area contributed by atoms with E-state index in [0.717, 1.165) is 11.9 Å². The maximum absolute atomic E-state index is 12.7. The Bertz CT molecular complexity index is 882. The van der Waals surface area contributed by atoms with Crippen LogP contribution in [0, 0.1) is 5.92 Å². The van der Waals surface area contributed by atoms with E-state index in [2.05, 4.69) is 34.3 Å². The summed E-state index contributed by atoms with van der Waals surface area (Å²) < 4.78 is 7.41. The van der Waals surface area contributed by atoms with Crippen LogP contribution in [0.4, 0.5) is 0 Å². The van der Waals surface area contributed by atoms with E-state index >= 15 is 0 Å². The summed E-state index contributed by atoms with van der Waals surface area (Å²) >= 11 is 0. The molecule has 0 saturated carbocycles. The van der Waals surface area contributed by atoms with Crippen molar-refractivity contribution in [3.05, 3.63) is 54.0 Å². The molecule has 1 aliphatic rings. The molecule has 0 radical (unpaired) electrons. The molecule has 1 atom stereocenters. The van der Waals surface area contributed by atoms with Crippen LogP contribution in [0.5, 0.6) is 0 Å². The van der Waals surface area contributed by atoms with Crippen LogP contribution < -0.4 is 0 Å². The fraction of sp³-hybridized carbons (Fsp3) is 0.368. The average Bonchev–Trinajstić information content (AvgIpc) is 3.18. The maximum atomic E-state index is 12.7. The first-order valence-corrected chi connectivity index (χ1v) is 8.61. The van der Waals surface area contributed by atoms with E-state index in [-0.39, 0.29) is 5.91 Å². The molecule has 2 aromatic heterocycles. The zero-order valence-corrected chi connectivity index (χ0v) is 14.3. The van der Waals surface area contributed by atoms with Gasteiger partial charge in [0.05, 0.1) is 25.0 Å². The summed E-state index contributed by atoms with van der Waals surface area (Å²) in [5, 5.41) is 5.32. The van der Waals surface area contributed by atoms with Gasteiger partial charge in [-0.15, -0.1) is 0 Å². The van der Waals surface area contributed by atoms with E-state index in [0.29, 0.717) is 37.8 Å². The highest BCUT2D eigenvalue weighted by Gasteiger charge is 2.24. The molecule has 1 saturated heterocycles. The second-order valence-corrected chi connectivity index (χ2v) is 6.70. The van der Waals surface area contributed by atoms with Gasteiger partial charge in [-0.3, -0.25) is 9.48 Å². The molecule has 25 heavy (non-hydrogen) atoms. The number of hydrogen-bond donors (Lipinski definition) is 1. The van der Waals surface area contributed by atoms with Crippen LogP contribution >= 0.6 is 0 Å². The normalized spacial score (nSPS) is 18.4. The standard InChI is InChI=1S/C19H22N4O2/c1-22-12-17(10-21-22)19(24)23-6-7-25-13-15(11-23)8-14-2-3-18-16(9-14)4-5-20-18/h2-5,9-10,12,15,20H,6-8,11,13H2,1H3/t15-/m1/s1. The Kier molecular flexibility index (Phi) is 4.28. The number of nitrogens with zero attached hydrogens (tertiary/aromatic N) is 3. The number of carbonyl (C=O) groups excluding carboxylic acids is 1. The summed E-state index contributed by atoms with van der Waals surface area (Å²) in [6.07, 6.45) is 6.25. The summed E-state index contributed by atoms with van der Waals surface area (Å²) in [5.74, 6) is 0.323. The van der Waals surface area contributed by atoms with Gasteiger partial charge < -0.3 is 14.6 Å². The zero-order chi connectivity index (χ0) is 17.2. The number of aromatic amines is 1. The van der Waals surface area contributed by atoms with Gasteiger partial charge in [0.15, 0.2) is 0 Å². The fourth-order valence-electron chi connectivity index (χ4n) is 3.47. The topological polar surface area (TPSA) is 63.1 Å². The first-order chi connectivity index (χ1) is 12.2. The summed E-state index contributed by atoms with van der Waals surface area (Å²) in [7, 11) is 1.82. The average molecular weight is 338 g/mol. The number of fused-ring (bicyclic) bond motifs is 1. The van der Waals surface area contributed by atoms with Crippen LogP contribution in [0.25, 0.3) is 10.9 Å². The van der Waals surface area contributed by atoms with Gasteiger partial charge in [0, 0.05) is 44.0 Å². The number of benzene rings is 1. The highest BCUT2D eigenvalue weighted by Crippen LogP contribution is 2.19. The monoisotopic (exact) mass is 338 g/mol. The number of aryl methyl sites for hydroxylation is 1. The number of carbonyl (C=O) groups is 1. The predicted molar refractivity (Wildman–Crippen MR) is 95.4 cm³/mol. The van der Waals surface area contributed by atoms with Crippen molar-refractivity contribution in [1.82, 2.24) is 19.7 Å². The lowest BCUT2D eigenvalue weighted by Gasteiger charge is -2.23. The maximum Gasteiger partial charge on any atom is 0.257 e. The molecule has 1 aliphatic heterocycles. The third-order valence-corrected chi connectivity index (χ3v) is 4.72. The molecule has 6 heteroatoms. The van der Waals surface area contributed by atoms with Gasteiger partial charge in [-0.05, 0) is 35.6 Å². The van der Waals surface area contributed by atoms with Crippen molar-refractivity contribution >= 4 is 16.8 Å². The summed E-state index contributed by atoms with van der Waals surface area (Å²) in [5.41, 5.74) is 3.06. The van der Waals surface area contributed by atoms with Crippen LogP contribution in [0.3, 0.4) is 0 Å². The highest BCUT2D eigenvalue weighted by atomic mass is 16.5. The molecule has 1 amide bonds. The number of H-pyrrole nitrogens is 1. The second-order valence-electron chi connectivity index (χ2n) is 6.70. The molecular formula is C19H22N4O2. The molecule has 1 N–H and O–H groups in total. The number of amides is 1. The van der Waals surface area contributed by atoms with Crippen molar-refractivity contribution in [1.29, 1.82) is 0 Å². The molecular weight excluding hydrogens is 316 g/mol. The smallest absolute Gasteiger partial charge is 0.257 e. The van der Waals surface area contributed by atoms with E-state index in [1.807, 2.05) is 18.1 Å². The molecule has 0 unspecified atom stereocenters. The molecule has 0 bridgehead atoms. The van der Waals surface area contributed by atoms with Gasteiger partial charge in [-0.1, -0.05) is 6.07 Å². The number of ether oxygens (including phenoxy) is 1. The first kappa shape index (κ1) is 15.9. The second kappa shape index (κ2) is 6.72. The van der Waals surface area contributed by atoms with Crippen molar-refractivity contribution in [2.75, 3.05) is 26.3 Å². The third-order valence-electron chi connectivity index (χ3n) is 4.72. The summed E-state index contributed by atoms with van der Waals surface area (Å²) in [6, 6.07) is 8.56. The van der Waals surface area contributed by atoms with E-state index in [1.54, 1.807) is 17.1 Å². The van der Waals surface area contributed by atoms with Crippen LogP contribution in [0.2, 0.25) is 0 Å². The Balaban J connectivity index is 1.48. The van der Waals surface area contributed by atoms with Crippen LogP contribution in [0.15, 0.2) is 42.9 Å². The first-order valence-electron chi connectivity index (χ1n) is 8.61. The summed E-state index contributed by atoms with van der Waals surface area (Å²) in [4.78, 5) is 17.8. The van der Waals surface area contributed by atoms with Crippen molar-refractivity contribution in [2.24, 2.45) is 13.0 Å². The van der Waals surface area contributed by atoms with Gasteiger partial charge in [0.25, 0.3) is 5.91 Å². The van der Waals surface area contributed by atoms with Crippen LogP contribution in [-0.2, 0) is 18.2 Å². The highest BCUT2D eigenvalue weighted by molar-refractivity contribution is 5.93. The molecule has 1 fully saturated rings. The van der Waals surface area contributed by atoms with Crippen LogP contribution in [0.1, 0.15) is 15.9 Å². The van der Waals surface area contributed by atoms with Gasteiger partial charge in [0.1, 0.15) is 0 Å². The molecule has 3 heterocycles. The Morgan fingerprint density at radius 3 is 3.16 bits per heavy atom.